The summed E-state index contributed by atoms with van der Waals surface area (Å²) in [6.45, 7) is 5.41. The molecule has 0 amide bonds. The van der Waals surface area contributed by atoms with Gasteiger partial charge in [-0.05, 0) is 26.9 Å². The first kappa shape index (κ1) is 16.7. The third-order valence-corrected chi connectivity index (χ3v) is 4.95. The highest BCUT2D eigenvalue weighted by Crippen LogP contribution is 2.23. The molecule has 1 aromatic rings. The van der Waals surface area contributed by atoms with E-state index < -0.39 is 0 Å². The van der Waals surface area contributed by atoms with Crippen molar-refractivity contribution in [2.75, 3.05) is 33.7 Å². The van der Waals surface area contributed by atoms with Gasteiger partial charge in [0.15, 0.2) is 0 Å². The number of nitrogens with zero attached hydrogens (tertiary/aromatic N) is 4. The molecule has 0 spiro atoms. The zero-order valence-electron chi connectivity index (χ0n) is 13.6. The number of aromatic nitrogens is 2. The van der Waals surface area contributed by atoms with Crippen LogP contribution in [-0.2, 0) is 19.9 Å². The lowest BCUT2D eigenvalue weighted by molar-refractivity contribution is 0.104. The molecule has 0 aromatic carbocycles. The van der Waals surface area contributed by atoms with Gasteiger partial charge in [-0.3, -0.25) is 4.68 Å². The maximum Gasteiger partial charge on any atom is 0.0850 e. The fourth-order valence-electron chi connectivity index (χ4n) is 3.08. The van der Waals surface area contributed by atoms with Crippen LogP contribution in [0.1, 0.15) is 24.7 Å². The molecule has 2 heterocycles. The van der Waals surface area contributed by atoms with Crippen LogP contribution in [0, 0.1) is 0 Å². The van der Waals surface area contributed by atoms with Gasteiger partial charge in [0.1, 0.15) is 0 Å². The molecule has 6 heteroatoms. The van der Waals surface area contributed by atoms with Crippen LogP contribution in [0.2, 0.25) is 5.02 Å². The van der Waals surface area contributed by atoms with Gasteiger partial charge in [0, 0.05) is 45.2 Å². The Kier molecular flexibility index (Phi) is 5.66. The summed E-state index contributed by atoms with van der Waals surface area (Å²) in [5.41, 5.74) is 8.42. The summed E-state index contributed by atoms with van der Waals surface area (Å²) in [6.07, 6.45) is 2.64. The predicted molar refractivity (Wildman–Crippen MR) is 87.8 cm³/mol. The Bertz CT molecular complexity index is 473. The van der Waals surface area contributed by atoms with Crippen LogP contribution in [0.3, 0.4) is 0 Å². The molecule has 2 rings (SSSR count). The van der Waals surface area contributed by atoms with Crippen LogP contribution < -0.4 is 5.73 Å². The first-order chi connectivity index (χ1) is 9.92. The molecule has 1 saturated heterocycles. The average Bonchev–Trinajstić information content (AvgIpc) is 2.70. The molecule has 2 unspecified atom stereocenters. The molecule has 2 N–H and O–H groups in total. The predicted octanol–water partition coefficient (Wildman–Crippen LogP) is 1.14. The summed E-state index contributed by atoms with van der Waals surface area (Å²) >= 11 is 6.41. The molecule has 0 aliphatic carbocycles. The van der Waals surface area contributed by atoms with Crippen LogP contribution in [0.15, 0.2) is 0 Å². The van der Waals surface area contributed by atoms with Gasteiger partial charge < -0.3 is 15.5 Å². The van der Waals surface area contributed by atoms with E-state index in [1.807, 2.05) is 11.7 Å². The average molecular weight is 314 g/mol. The van der Waals surface area contributed by atoms with Crippen molar-refractivity contribution in [3.63, 3.8) is 0 Å². The Labute approximate surface area is 133 Å². The van der Waals surface area contributed by atoms with E-state index in [0.717, 1.165) is 55.3 Å². The third kappa shape index (κ3) is 3.97. The van der Waals surface area contributed by atoms with Gasteiger partial charge in [-0.2, -0.15) is 5.10 Å². The first-order valence-electron chi connectivity index (χ1n) is 7.77. The van der Waals surface area contributed by atoms with Crippen molar-refractivity contribution in [3.05, 3.63) is 16.4 Å². The van der Waals surface area contributed by atoms with Crippen molar-refractivity contribution in [2.45, 2.75) is 38.3 Å². The molecule has 0 radical (unpaired) electrons. The van der Waals surface area contributed by atoms with Gasteiger partial charge in [-0.15, -0.1) is 0 Å². The normalized spacial score (nSPS) is 22.7. The van der Waals surface area contributed by atoms with Crippen LogP contribution >= 0.6 is 11.6 Å². The number of piperazine rings is 1. The smallest absolute Gasteiger partial charge is 0.0850 e. The molecule has 1 fully saturated rings. The summed E-state index contributed by atoms with van der Waals surface area (Å²) in [5, 5.41) is 5.26. The van der Waals surface area contributed by atoms with E-state index in [1.54, 1.807) is 0 Å². The van der Waals surface area contributed by atoms with E-state index in [0.29, 0.717) is 6.04 Å². The maximum absolute atomic E-state index is 6.41. The second kappa shape index (κ2) is 7.09. The van der Waals surface area contributed by atoms with Crippen LogP contribution in [-0.4, -0.2) is 65.4 Å². The molecule has 0 saturated carbocycles. The molecule has 21 heavy (non-hydrogen) atoms. The Hall–Kier alpha value is -0.620. The minimum absolute atomic E-state index is 0.113. The maximum atomic E-state index is 6.41. The molecule has 120 valence electrons. The van der Waals surface area contributed by atoms with Crippen molar-refractivity contribution < 1.29 is 0 Å². The monoisotopic (exact) mass is 313 g/mol. The minimum Gasteiger partial charge on any atom is -0.327 e. The van der Waals surface area contributed by atoms with E-state index in [1.165, 1.54) is 0 Å². The van der Waals surface area contributed by atoms with E-state index in [2.05, 4.69) is 35.9 Å². The summed E-state index contributed by atoms with van der Waals surface area (Å²) in [5.74, 6) is 0. The SMILES string of the molecule is CCc1nn(C)c(CC(N)CC2CN(C)CCN2C)c1Cl. The van der Waals surface area contributed by atoms with E-state index in [9.17, 15) is 0 Å². The Morgan fingerprint density at radius 3 is 2.67 bits per heavy atom. The third-order valence-electron chi connectivity index (χ3n) is 4.51. The quantitative estimate of drug-likeness (QED) is 0.886. The largest absolute Gasteiger partial charge is 0.327 e. The molecule has 1 aromatic heterocycles. The van der Waals surface area contributed by atoms with Crippen molar-refractivity contribution in [3.8, 4) is 0 Å². The lowest BCUT2D eigenvalue weighted by Crippen LogP contribution is -2.52. The van der Waals surface area contributed by atoms with Gasteiger partial charge in [0.05, 0.1) is 16.4 Å². The van der Waals surface area contributed by atoms with E-state index >= 15 is 0 Å². The Morgan fingerprint density at radius 2 is 2.05 bits per heavy atom. The lowest BCUT2D eigenvalue weighted by Gasteiger charge is -2.38. The van der Waals surface area contributed by atoms with Gasteiger partial charge >= 0.3 is 0 Å². The first-order valence-corrected chi connectivity index (χ1v) is 8.14. The molecule has 1 aliphatic heterocycles. The Balaban J connectivity index is 1.98. The number of hydrogen-bond donors (Lipinski definition) is 1. The molecular weight excluding hydrogens is 286 g/mol. The van der Waals surface area contributed by atoms with Crippen LogP contribution in [0.5, 0.6) is 0 Å². The van der Waals surface area contributed by atoms with Gasteiger partial charge in [0.2, 0.25) is 0 Å². The highest BCUT2D eigenvalue weighted by atomic mass is 35.5. The summed E-state index contributed by atoms with van der Waals surface area (Å²) < 4.78 is 1.89. The molecule has 0 bridgehead atoms. The molecule has 1 aliphatic rings. The molecule has 2 atom stereocenters. The van der Waals surface area contributed by atoms with Gasteiger partial charge in [-0.1, -0.05) is 18.5 Å². The fraction of sp³-hybridized carbons (Fsp3) is 0.800. The van der Waals surface area contributed by atoms with Crippen molar-refractivity contribution in [2.24, 2.45) is 12.8 Å². The highest BCUT2D eigenvalue weighted by Gasteiger charge is 2.25. The summed E-state index contributed by atoms with van der Waals surface area (Å²) in [7, 11) is 6.32. The number of rotatable bonds is 5. The van der Waals surface area contributed by atoms with Gasteiger partial charge in [0.25, 0.3) is 0 Å². The number of halogens is 1. The Morgan fingerprint density at radius 1 is 1.33 bits per heavy atom. The van der Waals surface area contributed by atoms with Crippen molar-refractivity contribution in [1.82, 2.24) is 19.6 Å². The standard InChI is InChI=1S/C15H28ClN5/c1-5-13-15(16)14(21(4)18-13)9-11(17)8-12-10-19(2)6-7-20(12)3/h11-12H,5-10,17H2,1-4H3. The number of aryl methyl sites for hydroxylation is 2. The highest BCUT2D eigenvalue weighted by molar-refractivity contribution is 6.31. The summed E-state index contributed by atoms with van der Waals surface area (Å²) in [4.78, 5) is 4.80. The zero-order valence-corrected chi connectivity index (χ0v) is 14.4. The number of likely N-dealkylation sites (N-methyl/N-ethyl adjacent to an activating group) is 2. The van der Waals surface area contributed by atoms with Crippen LogP contribution in [0.25, 0.3) is 0 Å². The number of nitrogens with two attached hydrogens (primary N) is 1. The molecule has 5 nitrogen and oxygen atoms in total. The summed E-state index contributed by atoms with van der Waals surface area (Å²) in [6, 6.07) is 0.637. The van der Waals surface area contributed by atoms with Crippen LogP contribution in [0.4, 0.5) is 0 Å². The van der Waals surface area contributed by atoms with E-state index in [4.69, 9.17) is 17.3 Å². The lowest BCUT2D eigenvalue weighted by atomic mass is 10.00. The second-order valence-electron chi connectivity index (χ2n) is 6.28. The topological polar surface area (TPSA) is 50.3 Å². The minimum atomic E-state index is 0.113. The fourth-order valence-corrected chi connectivity index (χ4v) is 3.45. The van der Waals surface area contributed by atoms with Crippen molar-refractivity contribution >= 4 is 11.6 Å². The van der Waals surface area contributed by atoms with E-state index in [-0.39, 0.29) is 6.04 Å². The number of hydrogen-bond acceptors (Lipinski definition) is 4. The zero-order chi connectivity index (χ0) is 15.6. The van der Waals surface area contributed by atoms with Crippen molar-refractivity contribution in [1.29, 1.82) is 0 Å². The second-order valence-corrected chi connectivity index (χ2v) is 6.66. The molecular formula is C15H28ClN5. The van der Waals surface area contributed by atoms with Gasteiger partial charge in [-0.25, -0.2) is 0 Å².